The zero-order valence-corrected chi connectivity index (χ0v) is 15.7. The third-order valence-corrected chi connectivity index (χ3v) is 5.84. The highest BCUT2D eigenvalue weighted by Gasteiger charge is 2.41. The van der Waals surface area contributed by atoms with Gasteiger partial charge in [0.2, 0.25) is 5.91 Å². The summed E-state index contributed by atoms with van der Waals surface area (Å²) < 4.78 is 5.21. The van der Waals surface area contributed by atoms with Crippen LogP contribution in [0.4, 0.5) is 0 Å². The Morgan fingerprint density at radius 2 is 1.89 bits per heavy atom. The Bertz CT molecular complexity index is 862. The van der Waals surface area contributed by atoms with Gasteiger partial charge in [0, 0.05) is 44.1 Å². The number of nitrogens with zero attached hydrogens (tertiary/aromatic N) is 2. The zero-order valence-electron chi connectivity index (χ0n) is 15.7. The number of hydrogen-bond acceptors (Lipinski definition) is 3. The lowest BCUT2D eigenvalue weighted by Gasteiger charge is -2.36. The van der Waals surface area contributed by atoms with Gasteiger partial charge in [0.1, 0.15) is 5.75 Å². The molecule has 2 aliphatic heterocycles. The fourth-order valence-corrected chi connectivity index (χ4v) is 4.27. The van der Waals surface area contributed by atoms with Crippen LogP contribution >= 0.6 is 0 Å². The van der Waals surface area contributed by atoms with Crippen molar-refractivity contribution in [2.24, 2.45) is 5.92 Å². The smallest absolute Gasteiger partial charge is 0.253 e. The Labute approximate surface area is 159 Å². The molecule has 0 unspecified atom stereocenters. The van der Waals surface area contributed by atoms with E-state index in [0.29, 0.717) is 25.1 Å². The predicted octanol–water partition coefficient (Wildman–Crippen LogP) is 3.06. The van der Waals surface area contributed by atoms with Gasteiger partial charge in [-0.15, -0.1) is 0 Å². The molecule has 5 nitrogen and oxygen atoms in total. The van der Waals surface area contributed by atoms with Crippen LogP contribution in [0.3, 0.4) is 0 Å². The van der Waals surface area contributed by atoms with E-state index in [1.54, 1.807) is 7.11 Å². The molecule has 27 heavy (non-hydrogen) atoms. The number of ether oxygens (including phenoxy) is 1. The number of carbonyl (C=O) groups excluding carboxylic acids is 2. The largest absolute Gasteiger partial charge is 0.497 e. The molecule has 0 saturated carbocycles. The van der Waals surface area contributed by atoms with Crippen molar-refractivity contribution in [2.45, 2.75) is 18.9 Å². The molecule has 0 spiro atoms. The van der Waals surface area contributed by atoms with Crippen molar-refractivity contribution in [3.05, 3.63) is 54.1 Å². The Kier molecular flexibility index (Phi) is 4.60. The van der Waals surface area contributed by atoms with E-state index in [4.69, 9.17) is 4.74 Å². The first kappa shape index (κ1) is 17.6. The van der Waals surface area contributed by atoms with Gasteiger partial charge in [0.25, 0.3) is 5.91 Å². The van der Waals surface area contributed by atoms with E-state index in [-0.39, 0.29) is 23.8 Å². The van der Waals surface area contributed by atoms with Gasteiger partial charge in [0.15, 0.2) is 0 Å². The molecule has 0 N–H and O–H groups in total. The topological polar surface area (TPSA) is 49.9 Å². The molecule has 0 aromatic heterocycles. The molecule has 2 atom stereocenters. The van der Waals surface area contributed by atoms with E-state index >= 15 is 0 Å². The first-order chi connectivity index (χ1) is 13.1. The molecular formula is C22H24N2O3. The number of likely N-dealkylation sites (tertiary alicyclic amines) is 2. The molecule has 0 bridgehead atoms. The van der Waals surface area contributed by atoms with Crippen LogP contribution in [0.1, 0.15) is 23.2 Å². The van der Waals surface area contributed by atoms with E-state index in [9.17, 15) is 9.59 Å². The van der Waals surface area contributed by atoms with Gasteiger partial charge in [-0.1, -0.05) is 24.3 Å². The van der Waals surface area contributed by atoms with Crippen molar-refractivity contribution < 1.29 is 14.3 Å². The SMILES string of the molecule is COc1ccc(-c2cccc(C(=O)N3CC[C@H]4[C@H](CC(=O)N4C)C3)c2)cc1. The monoisotopic (exact) mass is 364 g/mol. The Balaban J connectivity index is 1.52. The lowest BCUT2D eigenvalue weighted by Crippen LogP contribution is -2.47. The van der Waals surface area contributed by atoms with Gasteiger partial charge in [-0.05, 0) is 41.8 Å². The fraction of sp³-hybridized carbons (Fsp3) is 0.364. The van der Waals surface area contributed by atoms with Crippen molar-refractivity contribution in [1.82, 2.24) is 9.80 Å². The quantitative estimate of drug-likeness (QED) is 0.841. The Morgan fingerprint density at radius 1 is 1.11 bits per heavy atom. The summed E-state index contributed by atoms with van der Waals surface area (Å²) in [6.07, 6.45) is 1.41. The van der Waals surface area contributed by atoms with Crippen LogP contribution in [0.25, 0.3) is 11.1 Å². The second kappa shape index (κ2) is 7.06. The van der Waals surface area contributed by atoms with Crippen LogP contribution in [-0.4, -0.2) is 54.9 Å². The number of amides is 2. The summed E-state index contributed by atoms with van der Waals surface area (Å²) >= 11 is 0. The predicted molar refractivity (Wildman–Crippen MR) is 104 cm³/mol. The third-order valence-electron chi connectivity index (χ3n) is 5.84. The molecule has 0 aliphatic carbocycles. The molecule has 2 aromatic carbocycles. The summed E-state index contributed by atoms with van der Waals surface area (Å²) in [7, 11) is 3.52. The highest BCUT2D eigenvalue weighted by molar-refractivity contribution is 5.95. The summed E-state index contributed by atoms with van der Waals surface area (Å²) in [5, 5.41) is 0. The number of piperidine rings is 1. The van der Waals surface area contributed by atoms with Gasteiger partial charge in [-0.25, -0.2) is 0 Å². The normalized spacial score (nSPS) is 21.9. The van der Waals surface area contributed by atoms with Crippen molar-refractivity contribution in [2.75, 3.05) is 27.2 Å². The first-order valence-corrected chi connectivity index (χ1v) is 9.36. The van der Waals surface area contributed by atoms with Gasteiger partial charge < -0.3 is 14.5 Å². The van der Waals surface area contributed by atoms with E-state index in [2.05, 4.69) is 0 Å². The lowest BCUT2D eigenvalue weighted by atomic mass is 9.92. The molecule has 2 aromatic rings. The minimum absolute atomic E-state index is 0.0470. The molecule has 0 radical (unpaired) electrons. The molecule has 4 rings (SSSR count). The first-order valence-electron chi connectivity index (χ1n) is 9.36. The van der Waals surface area contributed by atoms with E-state index in [1.165, 1.54) is 0 Å². The van der Waals surface area contributed by atoms with Gasteiger partial charge in [-0.3, -0.25) is 9.59 Å². The summed E-state index contributed by atoms with van der Waals surface area (Å²) in [6.45, 7) is 1.36. The van der Waals surface area contributed by atoms with Crippen LogP contribution in [0.2, 0.25) is 0 Å². The second-order valence-corrected chi connectivity index (χ2v) is 7.39. The number of fused-ring (bicyclic) bond motifs is 1. The van der Waals surface area contributed by atoms with Crippen molar-refractivity contribution in [3.63, 3.8) is 0 Å². The lowest BCUT2D eigenvalue weighted by molar-refractivity contribution is -0.127. The molecule has 2 fully saturated rings. The van der Waals surface area contributed by atoms with Crippen molar-refractivity contribution in [1.29, 1.82) is 0 Å². The second-order valence-electron chi connectivity index (χ2n) is 7.39. The van der Waals surface area contributed by atoms with Gasteiger partial charge in [0.05, 0.1) is 7.11 Å². The van der Waals surface area contributed by atoms with Crippen LogP contribution in [0, 0.1) is 5.92 Å². The van der Waals surface area contributed by atoms with E-state index in [0.717, 1.165) is 23.3 Å². The van der Waals surface area contributed by atoms with Crippen molar-refractivity contribution >= 4 is 11.8 Å². The summed E-state index contributed by atoms with van der Waals surface area (Å²) in [6, 6.07) is 15.9. The summed E-state index contributed by atoms with van der Waals surface area (Å²) in [5.74, 6) is 1.31. The van der Waals surface area contributed by atoms with Crippen LogP contribution in [0.15, 0.2) is 48.5 Å². The average molecular weight is 364 g/mol. The minimum Gasteiger partial charge on any atom is -0.497 e. The zero-order chi connectivity index (χ0) is 19.0. The van der Waals surface area contributed by atoms with Crippen LogP contribution < -0.4 is 4.74 Å². The maximum Gasteiger partial charge on any atom is 0.253 e. The average Bonchev–Trinajstić information content (AvgIpc) is 3.00. The highest BCUT2D eigenvalue weighted by Crippen LogP contribution is 2.32. The van der Waals surface area contributed by atoms with Gasteiger partial charge >= 0.3 is 0 Å². The van der Waals surface area contributed by atoms with E-state index < -0.39 is 0 Å². The van der Waals surface area contributed by atoms with E-state index in [1.807, 2.05) is 65.4 Å². The molecule has 2 heterocycles. The maximum absolute atomic E-state index is 13.0. The molecule has 2 saturated heterocycles. The van der Waals surface area contributed by atoms with Gasteiger partial charge in [-0.2, -0.15) is 0 Å². The molecule has 2 aliphatic rings. The fourth-order valence-electron chi connectivity index (χ4n) is 4.27. The molecule has 2 amide bonds. The Hall–Kier alpha value is -2.82. The third kappa shape index (κ3) is 3.29. The number of rotatable bonds is 3. The van der Waals surface area contributed by atoms with Crippen LogP contribution in [-0.2, 0) is 4.79 Å². The van der Waals surface area contributed by atoms with Crippen molar-refractivity contribution in [3.8, 4) is 16.9 Å². The molecule has 5 heteroatoms. The molecular weight excluding hydrogens is 340 g/mol. The maximum atomic E-state index is 13.0. The summed E-state index contributed by atoms with van der Waals surface area (Å²) in [5.41, 5.74) is 2.75. The van der Waals surface area contributed by atoms with Crippen LogP contribution in [0.5, 0.6) is 5.75 Å². The number of carbonyl (C=O) groups is 2. The molecule has 140 valence electrons. The number of methoxy groups -OCH3 is 1. The Morgan fingerprint density at radius 3 is 2.63 bits per heavy atom. The minimum atomic E-state index is 0.0470. The standard InChI is InChI=1S/C22H24N2O3/c1-23-20-10-11-24(14-18(20)13-21(23)25)22(26)17-5-3-4-16(12-17)15-6-8-19(27-2)9-7-15/h3-9,12,18,20H,10-11,13-14H2,1-2H3/t18-,20+/m1/s1. The number of hydrogen-bond donors (Lipinski definition) is 0. The summed E-state index contributed by atoms with van der Waals surface area (Å²) in [4.78, 5) is 28.8. The number of benzene rings is 2. The highest BCUT2D eigenvalue weighted by atomic mass is 16.5.